The van der Waals surface area contributed by atoms with Crippen LogP contribution in [0.3, 0.4) is 0 Å². The molecule has 1 aliphatic heterocycles. The Morgan fingerprint density at radius 1 is 1.25 bits per heavy atom. The van der Waals surface area contributed by atoms with Gasteiger partial charge in [-0.2, -0.15) is 0 Å². The number of hydrogen-bond acceptors (Lipinski definition) is 6. The third kappa shape index (κ3) is 5.61. The zero-order chi connectivity index (χ0) is 23.0. The van der Waals surface area contributed by atoms with E-state index >= 15 is 0 Å². The minimum absolute atomic E-state index is 0.00187. The van der Waals surface area contributed by atoms with Crippen molar-refractivity contribution in [3.05, 3.63) is 58.9 Å². The second-order valence-corrected chi connectivity index (χ2v) is 9.57. The zero-order valence-corrected chi connectivity index (χ0v) is 21.0. The molecule has 0 aliphatic carbocycles. The fourth-order valence-corrected chi connectivity index (χ4v) is 5.33. The number of benzene rings is 1. The van der Waals surface area contributed by atoms with Crippen molar-refractivity contribution < 1.29 is 4.74 Å². The van der Waals surface area contributed by atoms with Gasteiger partial charge in [0.1, 0.15) is 11.9 Å². The molecule has 2 heterocycles. The topological polar surface area (TPSA) is 40.1 Å². The number of nitrogens with zero attached hydrogens (tertiary/aromatic N) is 3. The molecule has 1 atom stereocenters. The molecule has 1 aromatic heterocycles. The van der Waals surface area contributed by atoms with E-state index in [9.17, 15) is 0 Å². The lowest BCUT2D eigenvalue weighted by atomic mass is 9.82. The predicted octanol–water partition coefficient (Wildman–Crippen LogP) is 5.37. The first kappa shape index (κ1) is 24.5. The van der Waals surface area contributed by atoms with E-state index in [2.05, 4.69) is 77.9 Å². The molecule has 1 aromatic carbocycles. The van der Waals surface area contributed by atoms with Crippen molar-refractivity contribution in [2.75, 3.05) is 45.7 Å². The summed E-state index contributed by atoms with van der Waals surface area (Å²) in [7, 11) is 6.34. The van der Waals surface area contributed by atoms with Crippen LogP contribution in [0.1, 0.15) is 44.1 Å². The molecule has 0 spiro atoms. The van der Waals surface area contributed by atoms with Gasteiger partial charge in [0.25, 0.3) is 0 Å². The van der Waals surface area contributed by atoms with Crippen LogP contribution in [-0.2, 0) is 0 Å². The van der Waals surface area contributed by atoms with E-state index in [-0.39, 0.29) is 11.6 Å². The van der Waals surface area contributed by atoms with Gasteiger partial charge in [-0.25, -0.2) is 0 Å². The first-order valence-corrected chi connectivity index (χ1v) is 12.4. The maximum Gasteiger partial charge on any atom is 0.143 e. The molecular formula is C26H38N4OS. The van der Waals surface area contributed by atoms with E-state index in [4.69, 9.17) is 9.73 Å². The van der Waals surface area contributed by atoms with Gasteiger partial charge in [-0.1, -0.05) is 24.3 Å². The van der Waals surface area contributed by atoms with Crippen LogP contribution in [0.25, 0.3) is 0 Å². The molecule has 5 nitrogen and oxygen atoms in total. The predicted molar refractivity (Wildman–Crippen MR) is 138 cm³/mol. The van der Waals surface area contributed by atoms with E-state index in [1.165, 1.54) is 16.3 Å². The average molecular weight is 455 g/mol. The van der Waals surface area contributed by atoms with Crippen molar-refractivity contribution in [1.29, 1.82) is 0 Å². The monoisotopic (exact) mass is 454 g/mol. The number of para-hydroxylation sites is 2. The van der Waals surface area contributed by atoms with Crippen molar-refractivity contribution in [3.63, 3.8) is 0 Å². The number of hydrogen-bond donors (Lipinski definition) is 1. The van der Waals surface area contributed by atoms with Crippen molar-refractivity contribution >= 4 is 22.7 Å². The Morgan fingerprint density at radius 3 is 2.62 bits per heavy atom. The smallest absolute Gasteiger partial charge is 0.143 e. The molecule has 0 bridgehead atoms. The lowest BCUT2D eigenvalue weighted by Crippen LogP contribution is -2.57. The molecule has 0 amide bonds. The van der Waals surface area contributed by atoms with Crippen LogP contribution >= 0.6 is 11.3 Å². The largest absolute Gasteiger partial charge is 0.483 e. The first-order chi connectivity index (χ1) is 15.5. The Balaban J connectivity index is 1.79. The molecule has 32 heavy (non-hydrogen) atoms. The van der Waals surface area contributed by atoms with E-state index in [1.54, 1.807) is 11.3 Å². The highest BCUT2D eigenvalue weighted by Crippen LogP contribution is 2.38. The van der Waals surface area contributed by atoms with Gasteiger partial charge in [0.2, 0.25) is 0 Å². The lowest BCUT2D eigenvalue weighted by Gasteiger charge is -2.47. The maximum atomic E-state index is 6.63. The maximum absolute atomic E-state index is 6.63. The number of allylic oxidation sites excluding steroid dienone is 1. The van der Waals surface area contributed by atoms with Crippen LogP contribution in [0.15, 0.2) is 59.0 Å². The van der Waals surface area contributed by atoms with E-state index in [0.29, 0.717) is 0 Å². The number of nitrogens with one attached hydrogen (secondary N) is 1. The molecule has 1 unspecified atom stereocenters. The highest BCUT2D eigenvalue weighted by molar-refractivity contribution is 7.10. The summed E-state index contributed by atoms with van der Waals surface area (Å²) in [4.78, 5) is 10.8. The summed E-state index contributed by atoms with van der Waals surface area (Å²) in [5.74, 6) is 0.971. The summed E-state index contributed by atoms with van der Waals surface area (Å²) in [5, 5.41) is 5.39. The summed E-state index contributed by atoms with van der Waals surface area (Å²) in [6.07, 6.45) is 6.98. The molecule has 3 rings (SSSR count). The average Bonchev–Trinajstić information content (AvgIpc) is 3.35. The van der Waals surface area contributed by atoms with E-state index in [1.807, 2.05) is 26.2 Å². The van der Waals surface area contributed by atoms with Gasteiger partial charge in [0, 0.05) is 36.3 Å². The van der Waals surface area contributed by atoms with Gasteiger partial charge in [-0.05, 0) is 78.0 Å². The summed E-state index contributed by atoms with van der Waals surface area (Å²) in [6, 6.07) is 12.8. The minimum Gasteiger partial charge on any atom is -0.483 e. The Kier molecular flexibility index (Phi) is 8.91. The van der Waals surface area contributed by atoms with Crippen molar-refractivity contribution in [1.82, 2.24) is 10.2 Å². The lowest BCUT2D eigenvalue weighted by molar-refractivity contribution is 0.185. The summed E-state index contributed by atoms with van der Waals surface area (Å²) in [6.45, 7) is 7.05. The zero-order valence-electron chi connectivity index (χ0n) is 20.2. The Hall–Kier alpha value is -2.15. The second-order valence-electron chi connectivity index (χ2n) is 8.59. The minimum atomic E-state index is -0.00187. The van der Waals surface area contributed by atoms with Crippen LogP contribution in [0.2, 0.25) is 0 Å². The molecule has 174 valence electrons. The number of ether oxygens (including phenoxy) is 1. The van der Waals surface area contributed by atoms with Crippen LogP contribution in [0.5, 0.6) is 5.75 Å². The summed E-state index contributed by atoms with van der Waals surface area (Å²) in [5.41, 5.74) is 2.38. The molecule has 0 saturated carbocycles. The molecule has 0 radical (unpaired) electrons. The summed E-state index contributed by atoms with van der Waals surface area (Å²) < 4.78 is 6.63. The van der Waals surface area contributed by atoms with Crippen LogP contribution in [0.4, 0.5) is 5.69 Å². The van der Waals surface area contributed by atoms with E-state index in [0.717, 1.165) is 44.6 Å². The third-order valence-corrected chi connectivity index (χ3v) is 7.49. The van der Waals surface area contributed by atoms with Gasteiger partial charge >= 0.3 is 0 Å². The van der Waals surface area contributed by atoms with Crippen molar-refractivity contribution in [2.45, 2.75) is 44.8 Å². The molecule has 1 N–H and O–H groups in total. The highest BCUT2D eigenvalue weighted by atomic mass is 32.1. The Morgan fingerprint density at radius 2 is 2.00 bits per heavy atom. The van der Waals surface area contributed by atoms with Gasteiger partial charge in [-0.3, -0.25) is 9.89 Å². The van der Waals surface area contributed by atoms with Crippen LogP contribution in [-0.4, -0.2) is 56.9 Å². The molecule has 1 aliphatic rings. The number of thiophene rings is 1. The van der Waals surface area contributed by atoms with Crippen LogP contribution < -0.4 is 15.0 Å². The quantitative estimate of drug-likeness (QED) is 0.490. The fourth-order valence-electron chi connectivity index (χ4n) is 4.54. The molecule has 2 aromatic rings. The standard InChI is InChI=1S/C26H38N4OS/c1-6-16-28-21(2)26(29(4)5)14-18-30(19-15-26)22-10-7-8-11-23(22)31-24(13-17-27-3)25-12-9-20-32-25/h6-12,16,20,24,27H,13-15,17-19H2,1-5H3/b16-6-,28-21?. The summed E-state index contributed by atoms with van der Waals surface area (Å²) >= 11 is 1.76. The van der Waals surface area contributed by atoms with Crippen molar-refractivity contribution in [2.24, 2.45) is 4.99 Å². The number of anilines is 1. The fraction of sp³-hybridized carbons (Fsp3) is 0.500. The Labute approximate surface area is 197 Å². The molecule has 1 fully saturated rings. The SMILES string of the molecule is C/C=C\N=C(C)C1(N(C)C)CCN(c2ccccc2OC(CCNC)c2cccs2)CC1. The normalized spacial score (nSPS) is 17.8. The number of aliphatic imine (C=N–C) groups is 1. The van der Waals surface area contributed by atoms with Gasteiger partial charge in [0.05, 0.1) is 11.2 Å². The van der Waals surface area contributed by atoms with Crippen LogP contribution in [0, 0.1) is 0 Å². The Bertz CT molecular complexity index is 883. The van der Waals surface area contributed by atoms with E-state index < -0.39 is 0 Å². The number of rotatable bonds is 10. The van der Waals surface area contributed by atoms with Crippen molar-refractivity contribution in [3.8, 4) is 5.75 Å². The first-order valence-electron chi connectivity index (χ1n) is 11.5. The molecule has 6 heteroatoms. The van der Waals surface area contributed by atoms with Gasteiger partial charge in [-0.15, -0.1) is 11.3 Å². The second kappa shape index (κ2) is 11.6. The van der Waals surface area contributed by atoms with Gasteiger partial charge < -0.3 is 15.0 Å². The third-order valence-electron chi connectivity index (χ3n) is 6.53. The molecule has 1 saturated heterocycles. The number of piperidine rings is 1. The highest BCUT2D eigenvalue weighted by Gasteiger charge is 2.39. The molecular weight excluding hydrogens is 416 g/mol. The van der Waals surface area contributed by atoms with Gasteiger partial charge in [0.15, 0.2) is 0 Å².